The van der Waals surface area contributed by atoms with Crippen molar-refractivity contribution in [3.8, 4) is 0 Å². The molecule has 0 unspecified atom stereocenters. The van der Waals surface area contributed by atoms with Crippen LogP contribution in [-0.4, -0.2) is 13.5 Å². The van der Waals surface area contributed by atoms with Gasteiger partial charge in [-0.2, -0.15) is 0 Å². The van der Waals surface area contributed by atoms with Crippen molar-refractivity contribution in [2.24, 2.45) is 0 Å². The van der Waals surface area contributed by atoms with Gasteiger partial charge in [-0.05, 0) is 45.3 Å². The average Bonchev–Trinajstić information content (AvgIpc) is 2.42. The van der Waals surface area contributed by atoms with E-state index in [0.29, 0.717) is 21.3 Å². The summed E-state index contributed by atoms with van der Waals surface area (Å²) in [5, 5.41) is 9.09. The van der Waals surface area contributed by atoms with E-state index in [2.05, 4.69) is 36.6 Å². The lowest BCUT2D eigenvalue weighted by Gasteiger charge is -2.10. The summed E-state index contributed by atoms with van der Waals surface area (Å²) in [7, 11) is -3.53. The first-order valence-corrected chi connectivity index (χ1v) is 9.28. The van der Waals surface area contributed by atoms with Crippen LogP contribution in [0.2, 0.25) is 0 Å². The Labute approximate surface area is 140 Å². The minimum atomic E-state index is -3.53. The van der Waals surface area contributed by atoms with E-state index in [1.165, 1.54) is 0 Å². The average molecular weight is 435 g/mol. The standard InChI is InChI=1S/C14H13Br2NO3S/c15-12-4-5-13(16)14(7-12)17-21(19,20)9-11-3-1-2-10(6-11)8-18/h1-7,17-18H,8-9H2. The molecule has 0 spiro atoms. The van der Waals surface area contributed by atoms with Crippen LogP contribution in [0.15, 0.2) is 51.4 Å². The summed E-state index contributed by atoms with van der Waals surface area (Å²) in [6.45, 7) is -0.113. The van der Waals surface area contributed by atoms with E-state index in [0.717, 1.165) is 4.47 Å². The van der Waals surface area contributed by atoms with Crippen LogP contribution in [0, 0.1) is 0 Å². The number of aliphatic hydroxyl groups is 1. The van der Waals surface area contributed by atoms with Gasteiger partial charge in [-0.1, -0.05) is 40.2 Å². The molecule has 0 amide bonds. The second-order valence-corrected chi connectivity index (χ2v) is 7.96. The molecular formula is C14H13Br2NO3S. The van der Waals surface area contributed by atoms with Crippen molar-refractivity contribution in [2.45, 2.75) is 12.4 Å². The zero-order valence-corrected chi connectivity index (χ0v) is 14.9. The van der Waals surface area contributed by atoms with Crippen LogP contribution in [-0.2, 0) is 22.4 Å². The number of halogens is 2. The molecule has 7 heteroatoms. The summed E-state index contributed by atoms with van der Waals surface area (Å²) < 4.78 is 28.4. The second-order valence-electron chi connectivity index (χ2n) is 4.46. The Bertz CT molecular complexity index is 748. The highest BCUT2D eigenvalue weighted by atomic mass is 79.9. The number of sulfonamides is 1. The van der Waals surface area contributed by atoms with E-state index in [4.69, 9.17) is 5.11 Å². The highest BCUT2D eigenvalue weighted by Crippen LogP contribution is 2.27. The van der Waals surface area contributed by atoms with Gasteiger partial charge in [-0.25, -0.2) is 8.42 Å². The largest absolute Gasteiger partial charge is 0.392 e. The summed E-state index contributed by atoms with van der Waals surface area (Å²) in [4.78, 5) is 0. The maximum atomic E-state index is 12.2. The molecule has 2 aromatic rings. The van der Waals surface area contributed by atoms with Crippen LogP contribution in [0.5, 0.6) is 0 Å². The lowest BCUT2D eigenvalue weighted by molar-refractivity contribution is 0.282. The van der Waals surface area contributed by atoms with Crippen molar-refractivity contribution in [3.05, 3.63) is 62.5 Å². The van der Waals surface area contributed by atoms with Crippen molar-refractivity contribution in [1.29, 1.82) is 0 Å². The Kier molecular flexibility index (Phi) is 5.43. The first kappa shape index (κ1) is 16.5. The third kappa shape index (κ3) is 4.81. The molecular weight excluding hydrogens is 422 g/mol. The monoisotopic (exact) mass is 433 g/mol. The van der Waals surface area contributed by atoms with Gasteiger partial charge in [0, 0.05) is 8.95 Å². The molecule has 2 rings (SSSR count). The molecule has 0 heterocycles. The number of benzene rings is 2. The highest BCUT2D eigenvalue weighted by Gasteiger charge is 2.14. The van der Waals surface area contributed by atoms with Gasteiger partial charge in [0.05, 0.1) is 18.0 Å². The molecule has 2 aromatic carbocycles. The third-order valence-corrected chi connectivity index (χ3v) is 5.15. The summed E-state index contributed by atoms with van der Waals surface area (Å²) in [5.74, 6) is -0.153. The molecule has 0 saturated heterocycles. The molecule has 2 N–H and O–H groups in total. The Morgan fingerprint density at radius 1 is 1.05 bits per heavy atom. The molecule has 21 heavy (non-hydrogen) atoms. The summed E-state index contributed by atoms with van der Waals surface area (Å²) in [5.41, 5.74) is 1.79. The molecule has 0 aliphatic carbocycles. The fourth-order valence-electron chi connectivity index (χ4n) is 1.82. The number of rotatable bonds is 5. The van der Waals surface area contributed by atoms with Gasteiger partial charge in [0.25, 0.3) is 0 Å². The molecule has 0 radical (unpaired) electrons. The molecule has 112 valence electrons. The Balaban J connectivity index is 2.20. The van der Waals surface area contributed by atoms with Crippen LogP contribution in [0.25, 0.3) is 0 Å². The zero-order chi connectivity index (χ0) is 15.5. The van der Waals surface area contributed by atoms with Crippen LogP contribution in [0.3, 0.4) is 0 Å². The number of aliphatic hydroxyl groups excluding tert-OH is 1. The van der Waals surface area contributed by atoms with E-state index in [9.17, 15) is 8.42 Å². The topological polar surface area (TPSA) is 66.4 Å². The number of hydrogen-bond donors (Lipinski definition) is 2. The molecule has 0 aliphatic heterocycles. The number of nitrogens with one attached hydrogen (secondary N) is 1. The number of hydrogen-bond acceptors (Lipinski definition) is 3. The highest BCUT2D eigenvalue weighted by molar-refractivity contribution is 9.11. The minimum Gasteiger partial charge on any atom is -0.392 e. The van der Waals surface area contributed by atoms with Gasteiger partial charge in [0.1, 0.15) is 0 Å². The van der Waals surface area contributed by atoms with Crippen molar-refractivity contribution in [2.75, 3.05) is 4.72 Å². The summed E-state index contributed by atoms with van der Waals surface area (Å²) in [6.07, 6.45) is 0. The van der Waals surface area contributed by atoms with E-state index >= 15 is 0 Å². The lowest BCUT2D eigenvalue weighted by Crippen LogP contribution is -2.15. The molecule has 0 saturated carbocycles. The van der Waals surface area contributed by atoms with Gasteiger partial charge in [-0.15, -0.1) is 0 Å². The van der Waals surface area contributed by atoms with E-state index in [1.807, 2.05) is 6.07 Å². The van der Waals surface area contributed by atoms with E-state index < -0.39 is 10.0 Å². The van der Waals surface area contributed by atoms with Gasteiger partial charge in [0.15, 0.2) is 0 Å². The maximum absolute atomic E-state index is 12.2. The second kappa shape index (κ2) is 6.91. The van der Waals surface area contributed by atoms with Crippen LogP contribution in [0.1, 0.15) is 11.1 Å². The normalized spacial score (nSPS) is 11.4. The van der Waals surface area contributed by atoms with Crippen molar-refractivity contribution >= 4 is 47.6 Å². The summed E-state index contributed by atoms with van der Waals surface area (Å²) >= 11 is 6.62. The summed E-state index contributed by atoms with van der Waals surface area (Å²) in [6, 6.07) is 12.1. The maximum Gasteiger partial charge on any atom is 0.236 e. The van der Waals surface area contributed by atoms with Crippen molar-refractivity contribution in [1.82, 2.24) is 0 Å². The number of anilines is 1. The van der Waals surface area contributed by atoms with Gasteiger partial charge < -0.3 is 5.11 Å². The first-order chi connectivity index (χ1) is 9.89. The first-order valence-electron chi connectivity index (χ1n) is 6.04. The Morgan fingerprint density at radius 3 is 2.48 bits per heavy atom. The minimum absolute atomic E-state index is 0.113. The van der Waals surface area contributed by atoms with Gasteiger partial charge in [0.2, 0.25) is 10.0 Å². The fraction of sp³-hybridized carbons (Fsp3) is 0.143. The predicted octanol–water partition coefficient (Wildman–Crippen LogP) is 3.65. The molecule has 0 bridgehead atoms. The van der Waals surface area contributed by atoms with Crippen LogP contribution >= 0.6 is 31.9 Å². The van der Waals surface area contributed by atoms with E-state index in [-0.39, 0.29) is 12.4 Å². The zero-order valence-electron chi connectivity index (χ0n) is 10.9. The smallest absolute Gasteiger partial charge is 0.236 e. The molecule has 0 fully saturated rings. The molecule has 0 atom stereocenters. The van der Waals surface area contributed by atoms with Crippen LogP contribution < -0.4 is 4.72 Å². The Hall–Kier alpha value is -0.890. The molecule has 0 aromatic heterocycles. The fourth-order valence-corrected chi connectivity index (χ4v) is 3.85. The Morgan fingerprint density at radius 2 is 1.76 bits per heavy atom. The van der Waals surface area contributed by atoms with E-state index in [1.54, 1.807) is 36.4 Å². The van der Waals surface area contributed by atoms with Crippen molar-refractivity contribution < 1.29 is 13.5 Å². The lowest BCUT2D eigenvalue weighted by atomic mass is 10.1. The quantitative estimate of drug-likeness (QED) is 0.754. The predicted molar refractivity (Wildman–Crippen MR) is 90.5 cm³/mol. The molecule has 0 aliphatic rings. The van der Waals surface area contributed by atoms with Crippen LogP contribution in [0.4, 0.5) is 5.69 Å². The third-order valence-electron chi connectivity index (χ3n) is 2.72. The molecule has 4 nitrogen and oxygen atoms in total. The van der Waals surface area contributed by atoms with Gasteiger partial charge in [-0.3, -0.25) is 4.72 Å². The van der Waals surface area contributed by atoms with Gasteiger partial charge >= 0.3 is 0 Å². The van der Waals surface area contributed by atoms with Crippen molar-refractivity contribution in [3.63, 3.8) is 0 Å². The SMILES string of the molecule is O=S(=O)(Cc1cccc(CO)c1)Nc1cc(Br)ccc1Br.